The molecule has 0 spiro atoms. The Morgan fingerprint density at radius 2 is 2.29 bits per heavy atom. The summed E-state index contributed by atoms with van der Waals surface area (Å²) in [5, 5.41) is 1.23. The number of fused-ring (bicyclic) bond motifs is 1. The molecule has 74 valence electrons. The Morgan fingerprint density at radius 3 is 3.07 bits per heavy atom. The van der Waals surface area contributed by atoms with E-state index in [-0.39, 0.29) is 0 Å². The van der Waals surface area contributed by atoms with E-state index in [1.54, 1.807) is 0 Å². The van der Waals surface area contributed by atoms with Crippen LogP contribution in [0.15, 0.2) is 30.5 Å². The molecule has 3 heteroatoms. The minimum Gasteiger partial charge on any atom is -0.361 e. The minimum absolute atomic E-state index is 0.308. The SMILES string of the molecule is CC(CON)c1cccc2cc[nH]c12. The number of aromatic nitrogens is 1. The molecule has 1 heterocycles. The molecule has 3 N–H and O–H groups in total. The van der Waals surface area contributed by atoms with Crippen molar-refractivity contribution in [2.24, 2.45) is 5.90 Å². The Hall–Kier alpha value is -1.32. The summed E-state index contributed by atoms with van der Waals surface area (Å²) in [5.41, 5.74) is 2.43. The van der Waals surface area contributed by atoms with Crippen molar-refractivity contribution in [1.82, 2.24) is 4.98 Å². The van der Waals surface area contributed by atoms with Crippen LogP contribution in [-0.2, 0) is 4.84 Å². The molecule has 0 fully saturated rings. The number of H-pyrrole nitrogens is 1. The summed E-state index contributed by atoms with van der Waals surface area (Å²) >= 11 is 0. The number of rotatable bonds is 3. The molecule has 0 aliphatic rings. The average Bonchev–Trinajstić information content (AvgIpc) is 2.65. The van der Waals surface area contributed by atoms with E-state index in [1.807, 2.05) is 6.20 Å². The van der Waals surface area contributed by atoms with Crippen molar-refractivity contribution in [3.8, 4) is 0 Å². The van der Waals surface area contributed by atoms with E-state index in [1.165, 1.54) is 16.5 Å². The maximum atomic E-state index is 5.08. The van der Waals surface area contributed by atoms with Gasteiger partial charge in [-0.2, -0.15) is 0 Å². The van der Waals surface area contributed by atoms with Gasteiger partial charge in [0.15, 0.2) is 0 Å². The van der Waals surface area contributed by atoms with Crippen molar-refractivity contribution >= 4 is 10.9 Å². The number of nitrogens with one attached hydrogen (secondary N) is 1. The van der Waals surface area contributed by atoms with Gasteiger partial charge in [-0.05, 0) is 17.0 Å². The third-order valence-corrected chi connectivity index (χ3v) is 2.50. The van der Waals surface area contributed by atoms with E-state index >= 15 is 0 Å². The standard InChI is InChI=1S/C11H14N2O/c1-8(7-14-12)10-4-2-3-9-5-6-13-11(9)10/h2-6,8,13H,7,12H2,1H3. The molecule has 2 rings (SSSR count). The topological polar surface area (TPSA) is 51.0 Å². The second kappa shape index (κ2) is 3.82. The van der Waals surface area contributed by atoms with Crippen LogP contribution in [0.3, 0.4) is 0 Å². The number of aromatic amines is 1. The number of hydrogen-bond acceptors (Lipinski definition) is 2. The summed E-state index contributed by atoms with van der Waals surface area (Å²) in [6, 6.07) is 8.31. The first-order chi connectivity index (χ1) is 6.83. The molecular weight excluding hydrogens is 176 g/mol. The van der Waals surface area contributed by atoms with Gasteiger partial charge in [0.05, 0.1) is 6.61 Å². The van der Waals surface area contributed by atoms with Crippen LogP contribution in [0.2, 0.25) is 0 Å². The molecule has 3 nitrogen and oxygen atoms in total. The quantitative estimate of drug-likeness (QED) is 0.729. The average molecular weight is 190 g/mol. The van der Waals surface area contributed by atoms with E-state index in [0.29, 0.717) is 12.5 Å². The number of nitrogens with two attached hydrogens (primary N) is 1. The molecule has 0 saturated carbocycles. The van der Waals surface area contributed by atoms with Crippen molar-refractivity contribution in [2.45, 2.75) is 12.8 Å². The summed E-state index contributed by atoms with van der Waals surface area (Å²) in [6.45, 7) is 2.64. The predicted octanol–water partition coefficient (Wildman–Crippen LogP) is 2.16. The van der Waals surface area contributed by atoms with Crippen molar-refractivity contribution < 1.29 is 4.84 Å². The zero-order valence-electron chi connectivity index (χ0n) is 8.16. The lowest BCUT2D eigenvalue weighted by Gasteiger charge is -2.10. The van der Waals surface area contributed by atoms with Gasteiger partial charge >= 0.3 is 0 Å². The van der Waals surface area contributed by atoms with Crippen LogP contribution < -0.4 is 5.90 Å². The lowest BCUT2D eigenvalue weighted by Crippen LogP contribution is -2.08. The van der Waals surface area contributed by atoms with E-state index in [4.69, 9.17) is 5.90 Å². The fraction of sp³-hybridized carbons (Fsp3) is 0.273. The third-order valence-electron chi connectivity index (χ3n) is 2.50. The second-order valence-electron chi connectivity index (χ2n) is 3.52. The van der Waals surface area contributed by atoms with Gasteiger partial charge in [-0.3, -0.25) is 0 Å². The summed E-state index contributed by atoms with van der Waals surface area (Å²) in [5.74, 6) is 5.38. The van der Waals surface area contributed by atoms with Crippen molar-refractivity contribution in [1.29, 1.82) is 0 Å². The molecule has 0 radical (unpaired) electrons. The molecule has 0 saturated heterocycles. The van der Waals surface area contributed by atoms with Crippen molar-refractivity contribution in [3.05, 3.63) is 36.0 Å². The summed E-state index contributed by atoms with van der Waals surface area (Å²) in [6.07, 6.45) is 1.95. The first-order valence-electron chi connectivity index (χ1n) is 4.70. The molecule has 0 aliphatic carbocycles. The van der Waals surface area contributed by atoms with Gasteiger partial charge in [0.1, 0.15) is 0 Å². The highest BCUT2D eigenvalue weighted by Crippen LogP contribution is 2.24. The molecule has 0 amide bonds. The van der Waals surface area contributed by atoms with Crippen molar-refractivity contribution in [3.63, 3.8) is 0 Å². The van der Waals surface area contributed by atoms with Gasteiger partial charge in [-0.15, -0.1) is 0 Å². The van der Waals surface area contributed by atoms with Gasteiger partial charge in [-0.1, -0.05) is 25.1 Å². The highest BCUT2D eigenvalue weighted by atomic mass is 16.6. The maximum Gasteiger partial charge on any atom is 0.0745 e. The van der Waals surface area contributed by atoms with Crippen LogP contribution in [0.1, 0.15) is 18.4 Å². The van der Waals surface area contributed by atoms with E-state index in [0.717, 1.165) is 0 Å². The van der Waals surface area contributed by atoms with E-state index in [2.05, 4.69) is 41.0 Å². The van der Waals surface area contributed by atoms with Crippen LogP contribution >= 0.6 is 0 Å². The van der Waals surface area contributed by atoms with Crippen LogP contribution in [0.25, 0.3) is 10.9 Å². The van der Waals surface area contributed by atoms with E-state index in [9.17, 15) is 0 Å². The molecule has 1 unspecified atom stereocenters. The third kappa shape index (κ3) is 1.52. The molecule has 0 bridgehead atoms. The number of para-hydroxylation sites is 1. The highest BCUT2D eigenvalue weighted by Gasteiger charge is 2.09. The van der Waals surface area contributed by atoms with Crippen LogP contribution in [0.4, 0.5) is 0 Å². The molecule has 2 aromatic rings. The van der Waals surface area contributed by atoms with E-state index < -0.39 is 0 Å². The summed E-state index contributed by atoms with van der Waals surface area (Å²) in [4.78, 5) is 7.90. The molecule has 0 aliphatic heterocycles. The Morgan fingerprint density at radius 1 is 1.43 bits per heavy atom. The van der Waals surface area contributed by atoms with Gasteiger partial charge in [0.25, 0.3) is 0 Å². The first-order valence-corrected chi connectivity index (χ1v) is 4.70. The second-order valence-corrected chi connectivity index (χ2v) is 3.52. The Kier molecular flexibility index (Phi) is 2.52. The minimum atomic E-state index is 0.308. The maximum absolute atomic E-state index is 5.08. The predicted molar refractivity (Wildman–Crippen MR) is 56.9 cm³/mol. The fourth-order valence-corrected chi connectivity index (χ4v) is 1.75. The van der Waals surface area contributed by atoms with Crippen LogP contribution in [0, 0.1) is 0 Å². The molecule has 1 aromatic heterocycles. The van der Waals surface area contributed by atoms with Gasteiger partial charge in [0.2, 0.25) is 0 Å². The Labute approximate surface area is 82.8 Å². The fourth-order valence-electron chi connectivity index (χ4n) is 1.75. The van der Waals surface area contributed by atoms with Crippen LogP contribution in [0.5, 0.6) is 0 Å². The largest absolute Gasteiger partial charge is 0.361 e. The highest BCUT2D eigenvalue weighted by molar-refractivity contribution is 5.82. The number of hydrogen-bond donors (Lipinski definition) is 2. The molecule has 1 atom stereocenters. The van der Waals surface area contributed by atoms with Crippen molar-refractivity contribution in [2.75, 3.05) is 6.61 Å². The van der Waals surface area contributed by atoms with Gasteiger partial charge < -0.3 is 9.82 Å². The lowest BCUT2D eigenvalue weighted by atomic mass is 10.00. The zero-order valence-corrected chi connectivity index (χ0v) is 8.16. The summed E-state index contributed by atoms with van der Waals surface area (Å²) < 4.78 is 0. The Bertz CT molecular complexity index is 422. The lowest BCUT2D eigenvalue weighted by molar-refractivity contribution is 0.127. The first kappa shape index (κ1) is 9.24. The normalized spacial score (nSPS) is 13.3. The Balaban J connectivity index is 2.45. The zero-order chi connectivity index (χ0) is 9.97. The number of benzene rings is 1. The monoisotopic (exact) mass is 190 g/mol. The van der Waals surface area contributed by atoms with Crippen LogP contribution in [-0.4, -0.2) is 11.6 Å². The molecular formula is C11H14N2O. The molecule has 1 aromatic carbocycles. The summed E-state index contributed by atoms with van der Waals surface area (Å²) in [7, 11) is 0. The van der Waals surface area contributed by atoms with Gasteiger partial charge in [0, 0.05) is 17.6 Å². The smallest absolute Gasteiger partial charge is 0.0745 e. The molecule has 14 heavy (non-hydrogen) atoms. The van der Waals surface area contributed by atoms with Gasteiger partial charge in [-0.25, -0.2) is 5.90 Å².